The molecule has 10 heteroatoms. The Morgan fingerprint density at radius 3 is 2.72 bits per heavy atom. The van der Waals surface area contributed by atoms with Crippen molar-refractivity contribution in [1.29, 1.82) is 0 Å². The van der Waals surface area contributed by atoms with E-state index in [9.17, 15) is 13.2 Å². The van der Waals surface area contributed by atoms with Crippen molar-refractivity contribution in [1.82, 2.24) is 14.4 Å². The van der Waals surface area contributed by atoms with Gasteiger partial charge in [-0.1, -0.05) is 25.1 Å². The van der Waals surface area contributed by atoms with Crippen LogP contribution >= 0.6 is 0 Å². The number of hydrogen-bond donors (Lipinski definition) is 1. The van der Waals surface area contributed by atoms with Gasteiger partial charge in [0.2, 0.25) is 21.8 Å². The second-order valence-corrected chi connectivity index (χ2v) is 9.08. The van der Waals surface area contributed by atoms with Crippen LogP contribution in [0.2, 0.25) is 0 Å². The first-order valence-electron chi connectivity index (χ1n) is 9.66. The van der Waals surface area contributed by atoms with E-state index in [1.807, 2.05) is 13.8 Å². The Kier molecular flexibility index (Phi) is 6.99. The zero-order chi connectivity index (χ0) is 20.9. The van der Waals surface area contributed by atoms with Gasteiger partial charge in [0.25, 0.3) is 0 Å². The van der Waals surface area contributed by atoms with Crippen molar-refractivity contribution < 1.29 is 22.5 Å². The fraction of sp³-hybridized carbons (Fsp3) is 0.526. The molecule has 2 aromatic rings. The van der Waals surface area contributed by atoms with E-state index in [4.69, 9.17) is 9.26 Å². The van der Waals surface area contributed by atoms with Gasteiger partial charge in [0, 0.05) is 37.5 Å². The van der Waals surface area contributed by atoms with Gasteiger partial charge in [-0.2, -0.15) is 9.29 Å². The Morgan fingerprint density at radius 2 is 2.03 bits per heavy atom. The summed E-state index contributed by atoms with van der Waals surface area (Å²) in [5.41, 5.74) is 0.448. The first-order valence-corrected chi connectivity index (χ1v) is 11.1. The summed E-state index contributed by atoms with van der Waals surface area (Å²) < 4.78 is 37.2. The molecule has 1 amide bonds. The SMILES string of the molecule is CC(C)c1noc(CCCC(=O)Nc2cccc(S(=O)(=O)N3CCOCC3)c2)n1. The highest BCUT2D eigenvalue weighted by Gasteiger charge is 2.26. The van der Waals surface area contributed by atoms with Gasteiger partial charge >= 0.3 is 0 Å². The van der Waals surface area contributed by atoms with Crippen molar-refractivity contribution in [3.63, 3.8) is 0 Å². The molecule has 0 saturated carbocycles. The molecule has 1 N–H and O–H groups in total. The summed E-state index contributed by atoms with van der Waals surface area (Å²) in [7, 11) is -3.60. The molecule has 1 aromatic heterocycles. The summed E-state index contributed by atoms with van der Waals surface area (Å²) in [4.78, 5) is 16.7. The molecular weight excluding hydrogens is 396 g/mol. The first kappa shape index (κ1) is 21.4. The molecule has 0 aliphatic carbocycles. The van der Waals surface area contributed by atoms with Gasteiger partial charge in [-0.25, -0.2) is 8.42 Å². The minimum Gasteiger partial charge on any atom is -0.379 e. The smallest absolute Gasteiger partial charge is 0.243 e. The molecule has 1 fully saturated rings. The molecule has 1 aliphatic heterocycles. The Labute approximate surface area is 170 Å². The predicted molar refractivity (Wildman–Crippen MR) is 106 cm³/mol. The molecule has 0 radical (unpaired) electrons. The van der Waals surface area contributed by atoms with Crippen molar-refractivity contribution in [3.8, 4) is 0 Å². The van der Waals surface area contributed by atoms with Crippen LogP contribution in [0.15, 0.2) is 33.7 Å². The number of carbonyl (C=O) groups excluding carboxylic acids is 1. The van der Waals surface area contributed by atoms with Crippen LogP contribution in [0.25, 0.3) is 0 Å². The molecule has 0 bridgehead atoms. The number of aryl methyl sites for hydroxylation is 1. The lowest BCUT2D eigenvalue weighted by molar-refractivity contribution is -0.116. The summed E-state index contributed by atoms with van der Waals surface area (Å²) in [6.07, 6.45) is 1.33. The van der Waals surface area contributed by atoms with Crippen LogP contribution in [0.5, 0.6) is 0 Å². The predicted octanol–water partition coefficient (Wildman–Crippen LogP) is 2.18. The number of aromatic nitrogens is 2. The molecule has 3 rings (SSSR count). The topological polar surface area (TPSA) is 115 Å². The van der Waals surface area contributed by atoms with E-state index in [2.05, 4.69) is 15.5 Å². The Hall–Kier alpha value is -2.30. The van der Waals surface area contributed by atoms with E-state index in [0.717, 1.165) is 0 Å². The summed E-state index contributed by atoms with van der Waals surface area (Å²) in [5, 5.41) is 6.65. The highest BCUT2D eigenvalue weighted by Crippen LogP contribution is 2.21. The summed E-state index contributed by atoms with van der Waals surface area (Å²) in [6, 6.07) is 6.30. The molecule has 158 valence electrons. The number of ether oxygens (including phenoxy) is 1. The number of anilines is 1. The normalized spacial score (nSPS) is 15.6. The number of nitrogens with zero attached hydrogens (tertiary/aromatic N) is 3. The molecule has 1 aliphatic rings. The third kappa shape index (κ3) is 5.62. The van der Waals surface area contributed by atoms with Crippen molar-refractivity contribution in [3.05, 3.63) is 36.0 Å². The molecule has 0 atom stereocenters. The second kappa shape index (κ2) is 9.47. The second-order valence-electron chi connectivity index (χ2n) is 7.15. The average molecular weight is 423 g/mol. The lowest BCUT2D eigenvalue weighted by Crippen LogP contribution is -2.40. The summed E-state index contributed by atoms with van der Waals surface area (Å²) >= 11 is 0. The van der Waals surface area contributed by atoms with Crippen molar-refractivity contribution in [2.24, 2.45) is 0 Å². The van der Waals surface area contributed by atoms with Gasteiger partial charge in [-0.3, -0.25) is 4.79 Å². The van der Waals surface area contributed by atoms with Gasteiger partial charge in [0.05, 0.1) is 18.1 Å². The van der Waals surface area contributed by atoms with Crippen molar-refractivity contribution >= 4 is 21.6 Å². The van der Waals surface area contributed by atoms with Crippen LogP contribution in [-0.2, 0) is 26.0 Å². The maximum absolute atomic E-state index is 12.7. The van der Waals surface area contributed by atoms with Crippen molar-refractivity contribution in [2.45, 2.75) is 43.9 Å². The molecule has 2 heterocycles. The fourth-order valence-corrected chi connectivity index (χ4v) is 4.35. The van der Waals surface area contributed by atoms with Crippen LogP contribution in [-0.4, -0.2) is 55.1 Å². The van der Waals surface area contributed by atoms with Gasteiger partial charge < -0.3 is 14.6 Å². The maximum Gasteiger partial charge on any atom is 0.243 e. The molecule has 0 unspecified atom stereocenters. The Morgan fingerprint density at radius 1 is 1.28 bits per heavy atom. The Balaban J connectivity index is 1.54. The van der Waals surface area contributed by atoms with Crippen LogP contribution < -0.4 is 5.32 Å². The molecule has 0 spiro atoms. The highest BCUT2D eigenvalue weighted by molar-refractivity contribution is 7.89. The van der Waals surface area contributed by atoms with Crippen molar-refractivity contribution in [2.75, 3.05) is 31.6 Å². The van der Waals surface area contributed by atoms with Crippen LogP contribution in [0.3, 0.4) is 0 Å². The van der Waals surface area contributed by atoms with E-state index < -0.39 is 10.0 Å². The average Bonchev–Trinajstić information content (AvgIpc) is 3.18. The van der Waals surface area contributed by atoms with Gasteiger partial charge in [0.1, 0.15) is 0 Å². The standard InChI is InChI=1S/C19H26N4O5S/c1-14(2)19-21-18(28-22-19)8-4-7-17(24)20-15-5-3-6-16(13-15)29(25,26)23-9-11-27-12-10-23/h3,5-6,13-14H,4,7-12H2,1-2H3,(H,20,24). The third-order valence-corrected chi connectivity index (χ3v) is 6.41. The first-order chi connectivity index (χ1) is 13.9. The molecule has 1 saturated heterocycles. The number of morpholine rings is 1. The zero-order valence-corrected chi connectivity index (χ0v) is 17.4. The number of benzene rings is 1. The molecule has 9 nitrogen and oxygen atoms in total. The van der Waals surface area contributed by atoms with Crippen LogP contribution in [0.1, 0.15) is 44.3 Å². The van der Waals surface area contributed by atoms with E-state index in [1.165, 1.54) is 16.4 Å². The van der Waals surface area contributed by atoms with Gasteiger partial charge in [-0.05, 0) is 24.6 Å². The van der Waals surface area contributed by atoms with E-state index in [0.29, 0.717) is 56.5 Å². The van der Waals surface area contributed by atoms with E-state index in [1.54, 1.807) is 12.1 Å². The number of hydrogen-bond acceptors (Lipinski definition) is 7. The molecule has 29 heavy (non-hydrogen) atoms. The highest BCUT2D eigenvalue weighted by atomic mass is 32.2. The summed E-state index contributed by atoms with van der Waals surface area (Å²) in [6.45, 7) is 5.38. The summed E-state index contributed by atoms with van der Waals surface area (Å²) in [5.74, 6) is 1.16. The number of amides is 1. The number of nitrogens with one attached hydrogen (secondary N) is 1. The van der Waals surface area contributed by atoms with E-state index in [-0.39, 0.29) is 23.1 Å². The minimum atomic E-state index is -3.60. The molecule has 1 aromatic carbocycles. The van der Waals surface area contributed by atoms with Gasteiger partial charge in [-0.15, -0.1) is 0 Å². The quantitative estimate of drug-likeness (QED) is 0.693. The molecular formula is C19H26N4O5S. The number of rotatable bonds is 8. The minimum absolute atomic E-state index is 0.157. The van der Waals surface area contributed by atoms with Gasteiger partial charge in [0.15, 0.2) is 5.82 Å². The number of sulfonamides is 1. The third-order valence-electron chi connectivity index (χ3n) is 4.52. The lowest BCUT2D eigenvalue weighted by Gasteiger charge is -2.26. The van der Waals surface area contributed by atoms with E-state index >= 15 is 0 Å². The van der Waals surface area contributed by atoms with Crippen LogP contribution in [0.4, 0.5) is 5.69 Å². The largest absolute Gasteiger partial charge is 0.379 e. The maximum atomic E-state index is 12.7. The Bertz CT molecular complexity index is 936. The fourth-order valence-electron chi connectivity index (χ4n) is 2.90. The lowest BCUT2D eigenvalue weighted by atomic mass is 10.2. The van der Waals surface area contributed by atoms with Crippen LogP contribution in [0, 0.1) is 0 Å². The monoisotopic (exact) mass is 422 g/mol. The zero-order valence-electron chi connectivity index (χ0n) is 16.6. The number of carbonyl (C=O) groups is 1.